The van der Waals surface area contributed by atoms with Crippen LogP contribution in [0.2, 0.25) is 10.3 Å². The van der Waals surface area contributed by atoms with Crippen LogP contribution in [-0.4, -0.2) is 28.5 Å². The molecule has 0 atom stereocenters. The van der Waals surface area contributed by atoms with Gasteiger partial charge < -0.3 is 10.0 Å². The lowest BCUT2D eigenvalue weighted by Gasteiger charge is -2.24. The van der Waals surface area contributed by atoms with E-state index in [9.17, 15) is 5.11 Å². The van der Waals surface area contributed by atoms with Gasteiger partial charge in [-0.05, 0) is 5.56 Å². The average Bonchev–Trinajstić information content (AvgIpc) is 2.42. The van der Waals surface area contributed by atoms with Crippen LogP contribution in [0.4, 0.5) is 5.69 Å². The number of anilines is 1. The minimum absolute atomic E-state index is 0.0170. The standard InChI is InChI=1S/C13H13Cl2N3O/c14-12-8-11(13(15)17-16-12)18(6-7-19)9-10-4-2-1-3-5-10/h1-5,8,19H,6-7,9H2. The molecule has 4 nitrogen and oxygen atoms in total. The monoisotopic (exact) mass is 297 g/mol. The minimum Gasteiger partial charge on any atom is -0.395 e. The van der Waals surface area contributed by atoms with Crippen molar-refractivity contribution < 1.29 is 5.11 Å². The zero-order valence-electron chi connectivity index (χ0n) is 10.1. The van der Waals surface area contributed by atoms with Crippen LogP contribution in [0.25, 0.3) is 0 Å². The first-order valence-corrected chi connectivity index (χ1v) is 6.54. The van der Waals surface area contributed by atoms with E-state index >= 15 is 0 Å². The van der Waals surface area contributed by atoms with Crippen molar-refractivity contribution in [1.82, 2.24) is 10.2 Å². The number of aliphatic hydroxyl groups excluding tert-OH is 1. The predicted octanol–water partition coefficient (Wildman–Crippen LogP) is 2.78. The van der Waals surface area contributed by atoms with E-state index < -0.39 is 0 Å². The summed E-state index contributed by atoms with van der Waals surface area (Å²) < 4.78 is 0. The van der Waals surface area contributed by atoms with Gasteiger partial charge in [-0.2, -0.15) is 0 Å². The van der Waals surface area contributed by atoms with Crippen molar-refractivity contribution in [3.63, 3.8) is 0 Å². The smallest absolute Gasteiger partial charge is 0.175 e. The summed E-state index contributed by atoms with van der Waals surface area (Å²) in [6.07, 6.45) is 0. The molecule has 0 spiro atoms. The fourth-order valence-electron chi connectivity index (χ4n) is 1.78. The molecular formula is C13H13Cl2N3O. The SMILES string of the molecule is OCCN(Cc1ccccc1)c1cc(Cl)nnc1Cl. The molecule has 0 aliphatic rings. The van der Waals surface area contributed by atoms with Gasteiger partial charge in [-0.3, -0.25) is 0 Å². The highest BCUT2D eigenvalue weighted by Gasteiger charge is 2.13. The normalized spacial score (nSPS) is 10.5. The molecule has 19 heavy (non-hydrogen) atoms. The summed E-state index contributed by atoms with van der Waals surface area (Å²) in [5.74, 6) is 0. The maximum Gasteiger partial charge on any atom is 0.175 e. The number of hydrogen-bond donors (Lipinski definition) is 1. The number of nitrogens with zero attached hydrogens (tertiary/aromatic N) is 3. The summed E-state index contributed by atoms with van der Waals surface area (Å²) in [5, 5.41) is 17.2. The van der Waals surface area contributed by atoms with Gasteiger partial charge in [-0.25, -0.2) is 0 Å². The molecule has 0 unspecified atom stereocenters. The van der Waals surface area contributed by atoms with Crippen LogP contribution in [0.3, 0.4) is 0 Å². The number of rotatable bonds is 5. The van der Waals surface area contributed by atoms with E-state index in [0.29, 0.717) is 18.8 Å². The van der Waals surface area contributed by atoms with Gasteiger partial charge in [-0.15, -0.1) is 10.2 Å². The summed E-state index contributed by atoms with van der Waals surface area (Å²) in [5.41, 5.74) is 1.78. The molecule has 0 radical (unpaired) electrons. The van der Waals surface area contributed by atoms with E-state index in [2.05, 4.69) is 10.2 Å². The molecule has 1 aromatic carbocycles. The van der Waals surface area contributed by atoms with Crippen molar-refractivity contribution in [2.24, 2.45) is 0 Å². The van der Waals surface area contributed by atoms with Crippen molar-refractivity contribution in [1.29, 1.82) is 0 Å². The Balaban J connectivity index is 2.27. The number of hydrogen-bond acceptors (Lipinski definition) is 4. The molecule has 1 N–H and O–H groups in total. The van der Waals surface area contributed by atoms with Crippen molar-refractivity contribution in [2.45, 2.75) is 6.54 Å². The van der Waals surface area contributed by atoms with E-state index in [4.69, 9.17) is 23.2 Å². The first kappa shape index (κ1) is 14.1. The highest BCUT2D eigenvalue weighted by atomic mass is 35.5. The minimum atomic E-state index is 0.0170. The Morgan fingerprint density at radius 2 is 1.84 bits per heavy atom. The molecule has 0 bridgehead atoms. The summed E-state index contributed by atoms with van der Waals surface area (Å²) in [6.45, 7) is 1.07. The lowest BCUT2D eigenvalue weighted by atomic mass is 10.2. The van der Waals surface area contributed by atoms with Crippen LogP contribution < -0.4 is 4.90 Å². The van der Waals surface area contributed by atoms with E-state index in [1.165, 1.54) is 0 Å². The van der Waals surface area contributed by atoms with Crippen LogP contribution in [-0.2, 0) is 6.54 Å². The number of aliphatic hydroxyl groups is 1. The second kappa shape index (κ2) is 6.70. The number of benzene rings is 1. The Hall–Kier alpha value is -1.36. The summed E-state index contributed by atoms with van der Waals surface area (Å²) >= 11 is 11.9. The van der Waals surface area contributed by atoms with Crippen molar-refractivity contribution in [2.75, 3.05) is 18.1 Å². The third kappa shape index (κ3) is 3.80. The van der Waals surface area contributed by atoms with Gasteiger partial charge in [0.15, 0.2) is 10.3 Å². The molecule has 1 aromatic heterocycles. The van der Waals surface area contributed by atoms with E-state index in [1.54, 1.807) is 6.07 Å². The van der Waals surface area contributed by atoms with Gasteiger partial charge in [0.2, 0.25) is 0 Å². The van der Waals surface area contributed by atoms with Crippen molar-refractivity contribution in [3.8, 4) is 0 Å². The Kier molecular flexibility index (Phi) is 4.96. The van der Waals surface area contributed by atoms with Crippen LogP contribution in [0.5, 0.6) is 0 Å². The highest BCUT2D eigenvalue weighted by Crippen LogP contribution is 2.26. The molecule has 0 saturated carbocycles. The molecular weight excluding hydrogens is 285 g/mol. The quantitative estimate of drug-likeness (QED) is 0.922. The van der Waals surface area contributed by atoms with Gasteiger partial charge in [0.05, 0.1) is 12.3 Å². The molecule has 100 valence electrons. The van der Waals surface area contributed by atoms with Gasteiger partial charge in [0.1, 0.15) is 0 Å². The molecule has 0 aliphatic carbocycles. The van der Waals surface area contributed by atoms with Gasteiger partial charge >= 0.3 is 0 Å². The fourth-order valence-corrected chi connectivity index (χ4v) is 2.13. The van der Waals surface area contributed by atoms with Crippen LogP contribution >= 0.6 is 23.2 Å². The van der Waals surface area contributed by atoms with Crippen LogP contribution in [0.15, 0.2) is 36.4 Å². The molecule has 6 heteroatoms. The third-order valence-corrected chi connectivity index (χ3v) is 3.08. The second-order valence-corrected chi connectivity index (χ2v) is 4.72. The Labute approximate surface area is 121 Å². The van der Waals surface area contributed by atoms with Crippen molar-refractivity contribution in [3.05, 3.63) is 52.3 Å². The van der Waals surface area contributed by atoms with E-state index in [-0.39, 0.29) is 16.9 Å². The molecule has 0 aliphatic heterocycles. The first-order chi connectivity index (χ1) is 9.20. The number of halogens is 2. The molecule has 0 saturated heterocycles. The Morgan fingerprint density at radius 1 is 1.11 bits per heavy atom. The second-order valence-electron chi connectivity index (χ2n) is 3.97. The van der Waals surface area contributed by atoms with Crippen LogP contribution in [0.1, 0.15) is 5.56 Å². The van der Waals surface area contributed by atoms with Gasteiger partial charge in [0, 0.05) is 19.2 Å². The molecule has 0 amide bonds. The molecule has 1 heterocycles. The zero-order valence-corrected chi connectivity index (χ0v) is 11.6. The predicted molar refractivity (Wildman–Crippen MR) is 76.6 cm³/mol. The van der Waals surface area contributed by atoms with Crippen molar-refractivity contribution >= 4 is 28.9 Å². The largest absolute Gasteiger partial charge is 0.395 e. The number of aromatic nitrogens is 2. The maximum absolute atomic E-state index is 9.18. The molecule has 2 rings (SSSR count). The molecule has 2 aromatic rings. The van der Waals surface area contributed by atoms with Gasteiger partial charge in [0.25, 0.3) is 0 Å². The fraction of sp³-hybridized carbons (Fsp3) is 0.231. The maximum atomic E-state index is 9.18. The van der Waals surface area contributed by atoms with E-state index in [1.807, 2.05) is 35.2 Å². The summed E-state index contributed by atoms with van der Waals surface area (Å²) in [6, 6.07) is 11.5. The highest BCUT2D eigenvalue weighted by molar-refractivity contribution is 6.33. The lowest BCUT2D eigenvalue weighted by molar-refractivity contribution is 0.301. The topological polar surface area (TPSA) is 49.2 Å². The zero-order chi connectivity index (χ0) is 13.7. The van der Waals surface area contributed by atoms with E-state index in [0.717, 1.165) is 5.56 Å². The summed E-state index contributed by atoms with van der Waals surface area (Å²) in [4.78, 5) is 1.91. The Morgan fingerprint density at radius 3 is 2.53 bits per heavy atom. The third-order valence-electron chi connectivity index (χ3n) is 2.63. The summed E-state index contributed by atoms with van der Waals surface area (Å²) in [7, 11) is 0. The van der Waals surface area contributed by atoms with Gasteiger partial charge in [-0.1, -0.05) is 53.5 Å². The Bertz CT molecular complexity index is 537. The molecule has 0 fully saturated rings. The van der Waals surface area contributed by atoms with Crippen LogP contribution in [0, 0.1) is 0 Å². The first-order valence-electron chi connectivity index (χ1n) is 5.79. The lowest BCUT2D eigenvalue weighted by Crippen LogP contribution is -2.26. The average molecular weight is 298 g/mol.